The van der Waals surface area contributed by atoms with Crippen molar-refractivity contribution >= 4 is 24.5 Å². The average Bonchev–Trinajstić information content (AvgIpc) is 2.65. The molecule has 1 rings (SSSR count). The van der Waals surface area contributed by atoms with Crippen molar-refractivity contribution in [2.24, 2.45) is 5.73 Å². The fourth-order valence-electron chi connectivity index (χ4n) is 3.02. The first-order valence-electron chi connectivity index (χ1n) is 9.90. The van der Waals surface area contributed by atoms with Crippen molar-refractivity contribution in [2.75, 3.05) is 25.6 Å². The minimum absolute atomic E-state index is 0.00515. The first-order chi connectivity index (χ1) is 13.7. The van der Waals surface area contributed by atoms with Crippen molar-refractivity contribution < 1.29 is 26.5 Å². The molecular formula is C20H33NO6SSi. The monoisotopic (exact) mass is 443 g/mol. The molecule has 1 aromatic carbocycles. The van der Waals surface area contributed by atoms with Crippen LogP contribution in [0.1, 0.15) is 46.1 Å². The van der Waals surface area contributed by atoms with E-state index >= 15 is 0 Å². The van der Waals surface area contributed by atoms with E-state index in [1.54, 1.807) is 32.9 Å². The molecule has 0 aliphatic heterocycles. The Hall–Kier alpha value is -1.52. The van der Waals surface area contributed by atoms with E-state index < -0.39 is 30.3 Å². The zero-order chi connectivity index (χ0) is 22.1. The van der Waals surface area contributed by atoms with E-state index in [0.717, 1.165) is 5.56 Å². The minimum Gasteiger partial charge on any atom is -0.370 e. The Morgan fingerprint density at radius 3 is 1.83 bits per heavy atom. The first kappa shape index (κ1) is 25.5. The summed E-state index contributed by atoms with van der Waals surface area (Å²) >= 11 is 0. The number of rotatable bonds is 13. The van der Waals surface area contributed by atoms with Crippen LogP contribution in [-0.2, 0) is 27.9 Å². The molecule has 164 valence electrons. The van der Waals surface area contributed by atoms with Gasteiger partial charge in [0.2, 0.25) is 5.91 Å². The summed E-state index contributed by atoms with van der Waals surface area (Å²) in [4.78, 5) is 12.5. The summed E-state index contributed by atoms with van der Waals surface area (Å²) in [5, 5.41) is 0.453. The molecule has 0 aliphatic carbocycles. The lowest BCUT2D eigenvalue weighted by molar-refractivity contribution is -0.114. The highest BCUT2D eigenvalue weighted by Gasteiger charge is 2.47. The summed E-state index contributed by atoms with van der Waals surface area (Å²) < 4.78 is 43.8. The quantitative estimate of drug-likeness (QED) is 0.371. The maximum Gasteiger partial charge on any atom is 0.533 e. The Morgan fingerprint density at radius 1 is 0.966 bits per heavy atom. The topological polar surface area (TPSA) is 105 Å². The second-order valence-corrected chi connectivity index (χ2v) is 11.1. The van der Waals surface area contributed by atoms with Gasteiger partial charge in [0, 0.05) is 30.6 Å². The van der Waals surface area contributed by atoms with Gasteiger partial charge in [-0.1, -0.05) is 31.0 Å². The maximum absolute atomic E-state index is 13.0. The second kappa shape index (κ2) is 11.6. The minimum atomic E-state index is -3.79. The highest BCUT2D eigenvalue weighted by molar-refractivity contribution is 7.91. The molecule has 1 amide bonds. The number of hydrogen-bond acceptors (Lipinski definition) is 6. The summed E-state index contributed by atoms with van der Waals surface area (Å²) in [6, 6.07) is 6.49. The van der Waals surface area contributed by atoms with Crippen LogP contribution < -0.4 is 5.73 Å². The zero-order valence-electron chi connectivity index (χ0n) is 18.0. The van der Waals surface area contributed by atoms with Crippen LogP contribution in [0, 0.1) is 6.92 Å². The van der Waals surface area contributed by atoms with Crippen LogP contribution in [0.25, 0.3) is 0 Å². The molecule has 0 atom stereocenters. The van der Waals surface area contributed by atoms with Crippen LogP contribution in [0.2, 0.25) is 0 Å². The summed E-state index contributed by atoms with van der Waals surface area (Å²) in [7, 11) is -7.26. The summed E-state index contributed by atoms with van der Waals surface area (Å²) in [6.45, 7) is 10.1. The molecule has 9 heteroatoms. The Kier molecular flexibility index (Phi) is 10.2. The van der Waals surface area contributed by atoms with Crippen LogP contribution in [0.4, 0.5) is 0 Å². The van der Waals surface area contributed by atoms with Crippen LogP contribution in [0.5, 0.6) is 0 Å². The molecule has 0 radical (unpaired) electrons. The predicted molar refractivity (Wildman–Crippen MR) is 115 cm³/mol. The van der Waals surface area contributed by atoms with Gasteiger partial charge >= 0.3 is 8.80 Å². The Balaban J connectivity index is 3.62. The Morgan fingerprint density at radius 2 is 1.45 bits per heavy atom. The molecule has 0 aromatic heterocycles. The van der Waals surface area contributed by atoms with Gasteiger partial charge in [-0.25, -0.2) is 8.42 Å². The van der Waals surface area contributed by atoms with Gasteiger partial charge in [-0.3, -0.25) is 4.79 Å². The number of carbonyl (C=O) groups is 1. The van der Waals surface area contributed by atoms with Gasteiger partial charge in [-0.15, -0.1) is 0 Å². The third-order valence-electron chi connectivity index (χ3n) is 4.25. The van der Waals surface area contributed by atoms with E-state index in [0.29, 0.717) is 37.9 Å². The molecule has 2 N–H and O–H groups in total. The first-order valence-corrected chi connectivity index (χ1v) is 13.3. The van der Waals surface area contributed by atoms with Crippen molar-refractivity contribution in [3.05, 3.63) is 40.6 Å². The maximum atomic E-state index is 13.0. The third kappa shape index (κ3) is 6.75. The lowest BCUT2D eigenvalue weighted by Gasteiger charge is -2.32. The molecule has 0 aliphatic rings. The van der Waals surface area contributed by atoms with Gasteiger partial charge in [-0.05, 0) is 46.2 Å². The van der Waals surface area contributed by atoms with Crippen molar-refractivity contribution in [1.82, 2.24) is 0 Å². The zero-order valence-corrected chi connectivity index (χ0v) is 19.8. The van der Waals surface area contributed by atoms with Crippen molar-refractivity contribution in [3.63, 3.8) is 0 Å². The largest absolute Gasteiger partial charge is 0.533 e. The SMILES string of the molecule is CCCC(=C(CS(=O)(=O)c1ccc(C)cc1)C(N)=O)[Si](OCC)(OCC)OCC. The standard InChI is InChI=1S/C20H33NO6SSi/c1-6-10-19(29(25-7-2,26-8-3)27-9-4)18(20(21)22)15-28(23,24)17-13-11-16(5)12-14-17/h11-14H,6-10,15H2,1-5H3,(H2,21,22). The number of aryl methyl sites for hydroxylation is 1. The molecule has 1 aromatic rings. The molecule has 0 heterocycles. The lowest BCUT2D eigenvalue weighted by atomic mass is 10.2. The van der Waals surface area contributed by atoms with E-state index in [-0.39, 0.29) is 10.5 Å². The molecule has 0 saturated carbocycles. The van der Waals surface area contributed by atoms with Gasteiger partial charge in [0.15, 0.2) is 9.84 Å². The smallest absolute Gasteiger partial charge is 0.370 e. The number of primary amides is 1. The van der Waals surface area contributed by atoms with Crippen LogP contribution in [-0.4, -0.2) is 48.7 Å². The highest BCUT2D eigenvalue weighted by atomic mass is 32.2. The van der Waals surface area contributed by atoms with Gasteiger partial charge in [0.05, 0.1) is 10.6 Å². The average molecular weight is 444 g/mol. The number of benzene rings is 1. The molecule has 0 fully saturated rings. The number of hydrogen-bond donors (Lipinski definition) is 1. The van der Waals surface area contributed by atoms with E-state index in [4.69, 9.17) is 19.0 Å². The van der Waals surface area contributed by atoms with Gasteiger partial charge in [-0.2, -0.15) is 0 Å². The van der Waals surface area contributed by atoms with Crippen molar-refractivity contribution in [2.45, 2.75) is 52.4 Å². The van der Waals surface area contributed by atoms with Crippen molar-refractivity contribution in [3.8, 4) is 0 Å². The molecular weight excluding hydrogens is 410 g/mol. The molecule has 29 heavy (non-hydrogen) atoms. The summed E-state index contributed by atoms with van der Waals surface area (Å²) in [5.41, 5.74) is 6.59. The molecule has 7 nitrogen and oxygen atoms in total. The number of amides is 1. The molecule has 0 saturated heterocycles. The predicted octanol–water partition coefficient (Wildman–Crippen LogP) is 2.94. The van der Waals surface area contributed by atoms with Crippen LogP contribution >= 0.6 is 0 Å². The second-order valence-electron chi connectivity index (χ2n) is 6.50. The normalized spacial score (nSPS) is 13.3. The van der Waals surface area contributed by atoms with Crippen LogP contribution in [0.15, 0.2) is 39.9 Å². The number of sulfone groups is 1. The molecule has 0 bridgehead atoms. The van der Waals surface area contributed by atoms with Crippen LogP contribution in [0.3, 0.4) is 0 Å². The van der Waals surface area contributed by atoms with Gasteiger partial charge in [0.25, 0.3) is 0 Å². The Bertz CT molecular complexity index is 788. The van der Waals surface area contributed by atoms with Gasteiger partial charge in [0.1, 0.15) is 0 Å². The number of nitrogens with two attached hydrogens (primary N) is 1. The summed E-state index contributed by atoms with van der Waals surface area (Å²) in [5.74, 6) is -1.33. The van der Waals surface area contributed by atoms with E-state index in [1.807, 2.05) is 13.8 Å². The number of allylic oxidation sites excluding steroid dienone is 1. The molecule has 0 spiro atoms. The molecule has 0 unspecified atom stereocenters. The Labute approximate surface area is 175 Å². The fraction of sp³-hybridized carbons (Fsp3) is 0.550. The fourth-order valence-corrected chi connectivity index (χ4v) is 7.61. The summed E-state index contributed by atoms with van der Waals surface area (Å²) in [6.07, 6.45) is 1.05. The number of carbonyl (C=O) groups excluding carboxylic acids is 1. The van der Waals surface area contributed by atoms with E-state index in [1.165, 1.54) is 12.1 Å². The van der Waals surface area contributed by atoms with Gasteiger partial charge < -0.3 is 19.0 Å². The van der Waals surface area contributed by atoms with Crippen molar-refractivity contribution in [1.29, 1.82) is 0 Å². The highest BCUT2D eigenvalue weighted by Crippen LogP contribution is 2.29. The van der Waals surface area contributed by atoms with E-state index in [2.05, 4.69) is 0 Å². The third-order valence-corrected chi connectivity index (χ3v) is 9.21. The lowest BCUT2D eigenvalue weighted by Crippen LogP contribution is -2.50. The van der Waals surface area contributed by atoms with E-state index in [9.17, 15) is 13.2 Å².